The van der Waals surface area contributed by atoms with E-state index in [0.29, 0.717) is 11.3 Å². The normalized spacial score (nSPS) is 20.5. The minimum Gasteiger partial charge on any atom is -0.351 e. The van der Waals surface area contributed by atoms with Crippen molar-refractivity contribution in [2.75, 3.05) is 20.1 Å². The highest BCUT2D eigenvalue weighted by Gasteiger charge is 2.39. The minimum atomic E-state index is 0. The molecule has 0 radical (unpaired) electrons. The highest BCUT2D eigenvalue weighted by atomic mass is 127. The topological polar surface area (TPSA) is 40.5 Å². The molecule has 2 aliphatic rings. The van der Waals surface area contributed by atoms with Crippen molar-refractivity contribution < 1.29 is 0 Å². The van der Waals surface area contributed by atoms with E-state index >= 15 is 0 Å². The molecule has 1 aromatic heterocycles. The summed E-state index contributed by atoms with van der Waals surface area (Å²) in [6, 6.07) is 0. The molecule has 1 aromatic rings. The molecule has 2 fully saturated rings. The standard InChI is InChI=1S/C18H30N4S.HI/c1-14(2)16-21-15(12-23-16)11-20-17(19-3)22-10-9-18(13-22)7-5-4-6-8-18;/h12,14H,4-11,13H2,1-3H3,(H,19,20);1H. The first-order valence-corrected chi connectivity index (χ1v) is 9.90. The van der Waals surface area contributed by atoms with Crippen molar-refractivity contribution in [1.82, 2.24) is 15.2 Å². The van der Waals surface area contributed by atoms with E-state index in [1.165, 1.54) is 50.1 Å². The van der Waals surface area contributed by atoms with E-state index in [9.17, 15) is 0 Å². The first kappa shape index (κ1) is 19.9. The molecule has 4 nitrogen and oxygen atoms in total. The molecular formula is C18H31IN4S. The molecule has 1 aliphatic carbocycles. The summed E-state index contributed by atoms with van der Waals surface area (Å²) in [7, 11) is 1.90. The number of likely N-dealkylation sites (tertiary alicyclic amines) is 1. The number of aliphatic imine (C=N–C) groups is 1. The van der Waals surface area contributed by atoms with Gasteiger partial charge in [-0.1, -0.05) is 33.1 Å². The first-order valence-electron chi connectivity index (χ1n) is 9.02. The van der Waals surface area contributed by atoms with Crippen LogP contribution in [0.3, 0.4) is 0 Å². The van der Waals surface area contributed by atoms with Crippen molar-refractivity contribution in [3.8, 4) is 0 Å². The van der Waals surface area contributed by atoms with Gasteiger partial charge in [0.15, 0.2) is 5.96 Å². The molecule has 3 rings (SSSR count). The summed E-state index contributed by atoms with van der Waals surface area (Å²) < 4.78 is 0. The van der Waals surface area contributed by atoms with E-state index in [1.54, 1.807) is 11.3 Å². The Hall–Kier alpha value is -0.370. The third-order valence-electron chi connectivity index (χ3n) is 5.35. The van der Waals surface area contributed by atoms with Crippen LogP contribution in [0, 0.1) is 5.41 Å². The molecule has 1 N–H and O–H groups in total. The van der Waals surface area contributed by atoms with Crippen molar-refractivity contribution in [1.29, 1.82) is 0 Å². The van der Waals surface area contributed by atoms with Gasteiger partial charge in [0.1, 0.15) is 0 Å². The maximum atomic E-state index is 4.71. The number of halogens is 1. The van der Waals surface area contributed by atoms with Crippen LogP contribution in [0.5, 0.6) is 0 Å². The monoisotopic (exact) mass is 462 g/mol. The Morgan fingerprint density at radius 2 is 2.08 bits per heavy atom. The third kappa shape index (κ3) is 4.62. The number of nitrogens with one attached hydrogen (secondary N) is 1. The van der Waals surface area contributed by atoms with Crippen LogP contribution in [0.4, 0.5) is 0 Å². The van der Waals surface area contributed by atoms with Crippen LogP contribution < -0.4 is 5.32 Å². The number of guanidine groups is 1. The molecule has 0 amide bonds. The zero-order chi connectivity index (χ0) is 16.3. The zero-order valence-electron chi connectivity index (χ0n) is 15.2. The molecule has 24 heavy (non-hydrogen) atoms. The summed E-state index contributed by atoms with van der Waals surface area (Å²) in [5.74, 6) is 1.56. The van der Waals surface area contributed by atoms with Gasteiger partial charge in [0.2, 0.25) is 0 Å². The zero-order valence-corrected chi connectivity index (χ0v) is 18.3. The van der Waals surface area contributed by atoms with Gasteiger partial charge in [-0.2, -0.15) is 0 Å². The number of rotatable bonds is 3. The van der Waals surface area contributed by atoms with Crippen molar-refractivity contribution in [2.24, 2.45) is 10.4 Å². The number of thiazole rings is 1. The molecule has 6 heteroatoms. The fourth-order valence-electron chi connectivity index (χ4n) is 4.00. The average Bonchev–Trinajstić information content (AvgIpc) is 3.17. The molecular weight excluding hydrogens is 431 g/mol. The van der Waals surface area contributed by atoms with Gasteiger partial charge in [-0.3, -0.25) is 4.99 Å². The number of hydrogen-bond donors (Lipinski definition) is 1. The number of aromatic nitrogens is 1. The van der Waals surface area contributed by atoms with E-state index in [1.807, 2.05) is 7.05 Å². The average molecular weight is 462 g/mol. The van der Waals surface area contributed by atoms with Crippen LogP contribution >= 0.6 is 35.3 Å². The van der Waals surface area contributed by atoms with Gasteiger partial charge in [0.05, 0.1) is 17.2 Å². The lowest BCUT2D eigenvalue weighted by Crippen LogP contribution is -2.41. The number of hydrogen-bond acceptors (Lipinski definition) is 3. The lowest BCUT2D eigenvalue weighted by Gasteiger charge is -2.33. The molecule has 0 aromatic carbocycles. The summed E-state index contributed by atoms with van der Waals surface area (Å²) in [6.45, 7) is 7.50. The summed E-state index contributed by atoms with van der Waals surface area (Å²) in [5, 5.41) is 6.91. The lowest BCUT2D eigenvalue weighted by atomic mass is 9.73. The Balaban J connectivity index is 0.00000208. The molecule has 1 spiro atoms. The smallest absolute Gasteiger partial charge is 0.193 e. The Labute approximate surface area is 167 Å². The molecule has 1 saturated heterocycles. The molecule has 136 valence electrons. The van der Waals surface area contributed by atoms with Crippen molar-refractivity contribution in [3.05, 3.63) is 16.1 Å². The van der Waals surface area contributed by atoms with Crippen molar-refractivity contribution >= 4 is 41.3 Å². The molecule has 1 saturated carbocycles. The number of nitrogens with zero attached hydrogens (tertiary/aromatic N) is 3. The van der Waals surface area contributed by atoms with Gasteiger partial charge in [0, 0.05) is 31.4 Å². The van der Waals surface area contributed by atoms with E-state index in [0.717, 1.165) is 24.7 Å². The van der Waals surface area contributed by atoms with Gasteiger partial charge in [-0.15, -0.1) is 35.3 Å². The summed E-state index contributed by atoms with van der Waals surface area (Å²) in [4.78, 5) is 11.7. The highest BCUT2D eigenvalue weighted by molar-refractivity contribution is 14.0. The summed E-state index contributed by atoms with van der Waals surface area (Å²) in [5.41, 5.74) is 1.70. The van der Waals surface area contributed by atoms with E-state index < -0.39 is 0 Å². The summed E-state index contributed by atoms with van der Waals surface area (Å²) >= 11 is 1.76. The second-order valence-corrected chi connectivity index (χ2v) is 8.35. The van der Waals surface area contributed by atoms with Crippen LogP contribution in [0.15, 0.2) is 10.4 Å². The maximum absolute atomic E-state index is 4.71. The second-order valence-electron chi connectivity index (χ2n) is 7.46. The Morgan fingerprint density at radius 1 is 1.33 bits per heavy atom. The molecule has 0 bridgehead atoms. The van der Waals surface area contributed by atoms with Gasteiger partial charge < -0.3 is 10.2 Å². The predicted molar refractivity (Wildman–Crippen MR) is 114 cm³/mol. The molecule has 1 aliphatic heterocycles. The van der Waals surface area contributed by atoms with E-state index in [2.05, 4.69) is 34.4 Å². The van der Waals surface area contributed by atoms with Crippen LogP contribution in [0.1, 0.15) is 69.0 Å². The maximum Gasteiger partial charge on any atom is 0.193 e. The molecule has 0 unspecified atom stereocenters. The van der Waals surface area contributed by atoms with Gasteiger partial charge >= 0.3 is 0 Å². The second kappa shape index (κ2) is 8.83. The molecule has 0 atom stereocenters. The van der Waals surface area contributed by atoms with E-state index in [-0.39, 0.29) is 24.0 Å². The minimum absolute atomic E-state index is 0. The third-order valence-corrected chi connectivity index (χ3v) is 6.55. The lowest BCUT2D eigenvalue weighted by molar-refractivity contribution is 0.203. The predicted octanol–water partition coefficient (Wildman–Crippen LogP) is 4.62. The summed E-state index contributed by atoms with van der Waals surface area (Å²) in [6.07, 6.45) is 8.40. The molecule has 2 heterocycles. The Morgan fingerprint density at radius 3 is 2.71 bits per heavy atom. The Bertz CT molecular complexity index is 549. The SMILES string of the molecule is CN=C(NCc1csc(C(C)C)n1)N1CCC2(CCCCC2)C1.I. The van der Waals surface area contributed by atoms with Gasteiger partial charge in [-0.05, 0) is 24.7 Å². The van der Waals surface area contributed by atoms with Gasteiger partial charge in [-0.25, -0.2) is 4.98 Å². The van der Waals surface area contributed by atoms with Crippen LogP contribution in [-0.2, 0) is 6.54 Å². The van der Waals surface area contributed by atoms with Crippen LogP contribution in [-0.4, -0.2) is 36.0 Å². The van der Waals surface area contributed by atoms with Crippen molar-refractivity contribution in [3.63, 3.8) is 0 Å². The Kier molecular flexibility index (Phi) is 7.34. The van der Waals surface area contributed by atoms with Crippen LogP contribution in [0.25, 0.3) is 0 Å². The van der Waals surface area contributed by atoms with Crippen molar-refractivity contribution in [2.45, 2.75) is 64.8 Å². The largest absolute Gasteiger partial charge is 0.351 e. The fraction of sp³-hybridized carbons (Fsp3) is 0.778. The van der Waals surface area contributed by atoms with E-state index in [4.69, 9.17) is 4.98 Å². The quantitative estimate of drug-likeness (QED) is 0.405. The fourth-order valence-corrected chi connectivity index (χ4v) is 4.83. The first-order chi connectivity index (χ1) is 11.1. The van der Waals surface area contributed by atoms with Gasteiger partial charge in [0.25, 0.3) is 0 Å². The highest BCUT2D eigenvalue weighted by Crippen LogP contribution is 2.43. The van der Waals surface area contributed by atoms with Crippen LogP contribution in [0.2, 0.25) is 0 Å².